The van der Waals surface area contributed by atoms with Gasteiger partial charge in [0, 0.05) is 29.8 Å². The first-order chi connectivity index (χ1) is 9.65. The standard InChI is InChI=1S/C17H19ClN2/c1-12(19)9-15-16(18)7-4-8-17(15)20-10-13-5-2-3-6-14(13)11-20/h2-8,12H,9-11,19H2,1H3. The minimum Gasteiger partial charge on any atom is -0.363 e. The Morgan fingerprint density at radius 2 is 1.75 bits per heavy atom. The maximum atomic E-state index is 6.38. The van der Waals surface area contributed by atoms with E-state index in [9.17, 15) is 0 Å². The van der Waals surface area contributed by atoms with E-state index in [1.807, 2.05) is 19.1 Å². The smallest absolute Gasteiger partial charge is 0.0459 e. The van der Waals surface area contributed by atoms with Crippen LogP contribution in [0.1, 0.15) is 23.6 Å². The van der Waals surface area contributed by atoms with Gasteiger partial charge in [0.1, 0.15) is 0 Å². The zero-order valence-electron chi connectivity index (χ0n) is 11.6. The Morgan fingerprint density at radius 3 is 2.35 bits per heavy atom. The third kappa shape index (κ3) is 2.54. The van der Waals surface area contributed by atoms with Crippen molar-refractivity contribution >= 4 is 17.3 Å². The molecule has 3 rings (SSSR count). The molecular formula is C17H19ClN2. The van der Waals surface area contributed by atoms with Crippen molar-refractivity contribution in [3.8, 4) is 0 Å². The monoisotopic (exact) mass is 286 g/mol. The first kappa shape index (κ1) is 13.5. The summed E-state index contributed by atoms with van der Waals surface area (Å²) in [5, 5.41) is 0.816. The number of rotatable bonds is 3. The van der Waals surface area contributed by atoms with Gasteiger partial charge in [0.2, 0.25) is 0 Å². The minimum atomic E-state index is 0.110. The molecule has 2 aromatic rings. The van der Waals surface area contributed by atoms with Crippen LogP contribution in [0.4, 0.5) is 5.69 Å². The van der Waals surface area contributed by atoms with Crippen LogP contribution in [-0.2, 0) is 19.5 Å². The largest absolute Gasteiger partial charge is 0.363 e. The number of halogens is 1. The summed E-state index contributed by atoms with van der Waals surface area (Å²) in [6.07, 6.45) is 0.807. The number of hydrogen-bond acceptors (Lipinski definition) is 2. The Hall–Kier alpha value is -1.51. The fourth-order valence-electron chi connectivity index (χ4n) is 2.87. The molecule has 1 atom stereocenters. The van der Waals surface area contributed by atoms with Crippen LogP contribution in [0.5, 0.6) is 0 Å². The third-order valence-corrected chi connectivity index (χ3v) is 4.16. The van der Waals surface area contributed by atoms with Crippen molar-refractivity contribution in [1.82, 2.24) is 0 Å². The van der Waals surface area contributed by atoms with Crippen LogP contribution in [0.2, 0.25) is 5.02 Å². The van der Waals surface area contributed by atoms with Gasteiger partial charge >= 0.3 is 0 Å². The van der Waals surface area contributed by atoms with Gasteiger partial charge in [0.05, 0.1) is 0 Å². The molecule has 3 heteroatoms. The third-order valence-electron chi connectivity index (χ3n) is 3.80. The van der Waals surface area contributed by atoms with Crippen molar-refractivity contribution in [1.29, 1.82) is 0 Å². The average Bonchev–Trinajstić information content (AvgIpc) is 2.84. The first-order valence-corrected chi connectivity index (χ1v) is 7.37. The van der Waals surface area contributed by atoms with Crippen molar-refractivity contribution < 1.29 is 0 Å². The molecular weight excluding hydrogens is 268 g/mol. The molecule has 2 N–H and O–H groups in total. The second kappa shape index (κ2) is 5.47. The fraction of sp³-hybridized carbons (Fsp3) is 0.294. The minimum absolute atomic E-state index is 0.110. The van der Waals surface area contributed by atoms with Gasteiger partial charge in [-0.1, -0.05) is 41.9 Å². The van der Waals surface area contributed by atoms with E-state index in [1.165, 1.54) is 16.8 Å². The second-order valence-corrected chi connectivity index (χ2v) is 5.95. The molecule has 0 amide bonds. The van der Waals surface area contributed by atoms with Crippen molar-refractivity contribution in [2.45, 2.75) is 32.5 Å². The summed E-state index contributed by atoms with van der Waals surface area (Å²) in [5.74, 6) is 0. The second-order valence-electron chi connectivity index (χ2n) is 5.54. The molecule has 0 fully saturated rings. The number of anilines is 1. The highest BCUT2D eigenvalue weighted by molar-refractivity contribution is 6.31. The summed E-state index contributed by atoms with van der Waals surface area (Å²) >= 11 is 6.38. The molecule has 104 valence electrons. The summed E-state index contributed by atoms with van der Waals surface area (Å²) in [7, 11) is 0. The predicted octanol–water partition coefficient (Wildman–Crippen LogP) is 3.75. The van der Waals surface area contributed by atoms with Gasteiger partial charge in [0.15, 0.2) is 0 Å². The van der Waals surface area contributed by atoms with Crippen LogP contribution in [-0.4, -0.2) is 6.04 Å². The summed E-state index contributed by atoms with van der Waals surface area (Å²) in [5.41, 5.74) is 11.1. The SMILES string of the molecule is CC(N)Cc1c(Cl)cccc1N1Cc2ccccc2C1. The molecule has 1 aliphatic rings. The number of nitrogens with zero attached hydrogens (tertiary/aromatic N) is 1. The Kier molecular flexibility index (Phi) is 3.68. The first-order valence-electron chi connectivity index (χ1n) is 7.00. The van der Waals surface area contributed by atoms with Crippen LogP contribution >= 0.6 is 11.6 Å². The van der Waals surface area contributed by atoms with E-state index in [0.29, 0.717) is 0 Å². The number of benzene rings is 2. The molecule has 0 aliphatic carbocycles. The maximum absolute atomic E-state index is 6.38. The normalized spacial score (nSPS) is 15.2. The van der Waals surface area contributed by atoms with E-state index in [2.05, 4.69) is 35.2 Å². The molecule has 1 aliphatic heterocycles. The molecule has 0 saturated carbocycles. The van der Waals surface area contributed by atoms with Gasteiger partial charge in [-0.25, -0.2) is 0 Å². The maximum Gasteiger partial charge on any atom is 0.0459 e. The highest BCUT2D eigenvalue weighted by atomic mass is 35.5. The van der Waals surface area contributed by atoms with E-state index in [-0.39, 0.29) is 6.04 Å². The van der Waals surface area contributed by atoms with Crippen molar-refractivity contribution in [3.63, 3.8) is 0 Å². The molecule has 2 nitrogen and oxygen atoms in total. The van der Waals surface area contributed by atoms with E-state index >= 15 is 0 Å². The molecule has 0 radical (unpaired) electrons. The molecule has 0 aromatic heterocycles. The van der Waals surface area contributed by atoms with Crippen LogP contribution in [0, 0.1) is 0 Å². The quantitative estimate of drug-likeness (QED) is 0.931. The molecule has 0 spiro atoms. The van der Waals surface area contributed by atoms with E-state index in [4.69, 9.17) is 17.3 Å². The van der Waals surface area contributed by atoms with Gasteiger partial charge in [-0.2, -0.15) is 0 Å². The predicted molar refractivity (Wildman–Crippen MR) is 85.1 cm³/mol. The van der Waals surface area contributed by atoms with Crippen molar-refractivity contribution in [2.24, 2.45) is 5.73 Å². The van der Waals surface area contributed by atoms with Crippen LogP contribution < -0.4 is 10.6 Å². The van der Waals surface area contributed by atoms with Gasteiger partial charge in [-0.15, -0.1) is 0 Å². The van der Waals surface area contributed by atoms with Gasteiger partial charge in [-0.3, -0.25) is 0 Å². The van der Waals surface area contributed by atoms with Gasteiger partial charge in [-0.05, 0) is 42.2 Å². The number of hydrogen-bond donors (Lipinski definition) is 1. The lowest BCUT2D eigenvalue weighted by Gasteiger charge is -2.23. The van der Waals surface area contributed by atoms with Crippen molar-refractivity contribution in [2.75, 3.05) is 4.90 Å². The van der Waals surface area contributed by atoms with E-state index in [0.717, 1.165) is 30.1 Å². The molecule has 0 bridgehead atoms. The summed E-state index contributed by atoms with van der Waals surface area (Å²) in [6.45, 7) is 3.91. The van der Waals surface area contributed by atoms with E-state index < -0.39 is 0 Å². The lowest BCUT2D eigenvalue weighted by atomic mass is 10.0. The topological polar surface area (TPSA) is 29.3 Å². The van der Waals surface area contributed by atoms with Crippen LogP contribution in [0.15, 0.2) is 42.5 Å². The molecule has 0 saturated heterocycles. The zero-order valence-corrected chi connectivity index (χ0v) is 12.4. The van der Waals surface area contributed by atoms with Gasteiger partial charge in [0.25, 0.3) is 0 Å². The van der Waals surface area contributed by atoms with Crippen LogP contribution in [0.25, 0.3) is 0 Å². The number of nitrogens with two attached hydrogens (primary N) is 1. The Morgan fingerprint density at radius 1 is 1.10 bits per heavy atom. The molecule has 20 heavy (non-hydrogen) atoms. The Bertz CT molecular complexity index is 597. The number of fused-ring (bicyclic) bond motifs is 1. The highest BCUT2D eigenvalue weighted by Gasteiger charge is 2.21. The zero-order chi connectivity index (χ0) is 14.1. The van der Waals surface area contributed by atoms with Crippen LogP contribution in [0.3, 0.4) is 0 Å². The molecule has 1 heterocycles. The summed E-state index contributed by atoms with van der Waals surface area (Å²) in [4.78, 5) is 2.38. The lowest BCUT2D eigenvalue weighted by Crippen LogP contribution is -2.22. The fourth-order valence-corrected chi connectivity index (χ4v) is 3.12. The summed E-state index contributed by atoms with van der Waals surface area (Å²) in [6, 6.07) is 14.8. The Balaban J connectivity index is 1.94. The average molecular weight is 287 g/mol. The van der Waals surface area contributed by atoms with E-state index in [1.54, 1.807) is 0 Å². The molecule has 2 aromatic carbocycles. The summed E-state index contributed by atoms with van der Waals surface area (Å²) < 4.78 is 0. The lowest BCUT2D eigenvalue weighted by molar-refractivity contribution is 0.732. The molecule has 1 unspecified atom stereocenters. The van der Waals surface area contributed by atoms with Gasteiger partial charge < -0.3 is 10.6 Å². The highest BCUT2D eigenvalue weighted by Crippen LogP contribution is 2.34. The van der Waals surface area contributed by atoms with Crippen molar-refractivity contribution in [3.05, 3.63) is 64.2 Å². The Labute approximate surface area is 125 Å².